The smallest absolute Gasteiger partial charge is 0.0576 e. The molecule has 0 spiro atoms. The molecule has 20 heavy (non-hydrogen) atoms. The highest BCUT2D eigenvalue weighted by atomic mass is 15.3. The first-order chi connectivity index (χ1) is 9.81. The summed E-state index contributed by atoms with van der Waals surface area (Å²) in [5.41, 5.74) is 3.93. The van der Waals surface area contributed by atoms with Crippen molar-refractivity contribution in [1.29, 1.82) is 0 Å². The average molecular weight is 270 g/mol. The summed E-state index contributed by atoms with van der Waals surface area (Å²) in [6.07, 6.45) is 7.38. The second-order valence-electron chi connectivity index (χ2n) is 5.46. The standard InChI is InChI=1S/C16H22N4/c1-3-17-16(14-9-11-19-20(14)2)13-8-4-6-12-7-5-10-18-15(12)13/h5,7,9-11,13,16-17H,3-4,6,8H2,1-2H3. The minimum Gasteiger partial charge on any atom is -0.308 e. The third-order valence-electron chi connectivity index (χ3n) is 4.24. The van der Waals surface area contributed by atoms with Crippen molar-refractivity contribution in [1.82, 2.24) is 20.1 Å². The van der Waals surface area contributed by atoms with Gasteiger partial charge in [-0.15, -0.1) is 0 Å². The Morgan fingerprint density at radius 3 is 3.05 bits per heavy atom. The summed E-state index contributed by atoms with van der Waals surface area (Å²) in [5, 5.41) is 7.96. The van der Waals surface area contributed by atoms with E-state index in [1.807, 2.05) is 30.2 Å². The number of nitrogens with zero attached hydrogens (tertiary/aromatic N) is 3. The van der Waals surface area contributed by atoms with Crippen molar-refractivity contribution in [3.05, 3.63) is 47.5 Å². The number of hydrogen-bond acceptors (Lipinski definition) is 3. The highest BCUT2D eigenvalue weighted by Crippen LogP contribution is 2.38. The number of nitrogens with one attached hydrogen (secondary N) is 1. The lowest BCUT2D eigenvalue weighted by Gasteiger charge is -2.32. The van der Waals surface area contributed by atoms with Gasteiger partial charge in [-0.05, 0) is 43.5 Å². The number of likely N-dealkylation sites (N-methyl/N-ethyl adjacent to an activating group) is 1. The molecule has 0 saturated heterocycles. The minimum absolute atomic E-state index is 0.293. The van der Waals surface area contributed by atoms with E-state index in [0.29, 0.717) is 12.0 Å². The van der Waals surface area contributed by atoms with Crippen molar-refractivity contribution in [3.63, 3.8) is 0 Å². The van der Waals surface area contributed by atoms with Crippen LogP contribution in [-0.4, -0.2) is 21.3 Å². The van der Waals surface area contributed by atoms with Crippen LogP contribution in [-0.2, 0) is 13.5 Å². The second kappa shape index (κ2) is 5.75. The van der Waals surface area contributed by atoms with Crippen molar-refractivity contribution < 1.29 is 0 Å². The van der Waals surface area contributed by atoms with Gasteiger partial charge < -0.3 is 5.32 Å². The van der Waals surface area contributed by atoms with Crippen LogP contribution in [0.2, 0.25) is 0 Å². The van der Waals surface area contributed by atoms with Gasteiger partial charge in [-0.25, -0.2) is 0 Å². The summed E-state index contributed by atoms with van der Waals surface area (Å²) in [6, 6.07) is 6.68. The molecule has 1 aliphatic carbocycles. The first-order valence-corrected chi connectivity index (χ1v) is 7.46. The zero-order chi connectivity index (χ0) is 13.9. The molecule has 0 radical (unpaired) electrons. The first kappa shape index (κ1) is 13.3. The molecule has 4 nitrogen and oxygen atoms in total. The number of fused-ring (bicyclic) bond motifs is 1. The van der Waals surface area contributed by atoms with Gasteiger partial charge in [-0.2, -0.15) is 5.10 Å². The first-order valence-electron chi connectivity index (χ1n) is 7.46. The Balaban J connectivity index is 1.99. The molecule has 0 aliphatic heterocycles. The Morgan fingerprint density at radius 1 is 1.40 bits per heavy atom. The minimum atomic E-state index is 0.293. The lowest BCUT2D eigenvalue weighted by Crippen LogP contribution is -2.31. The molecule has 1 aliphatic rings. The van der Waals surface area contributed by atoms with E-state index < -0.39 is 0 Å². The van der Waals surface area contributed by atoms with Crippen molar-refractivity contribution in [3.8, 4) is 0 Å². The van der Waals surface area contributed by atoms with Crippen LogP contribution in [0.25, 0.3) is 0 Å². The predicted molar refractivity (Wildman–Crippen MR) is 79.5 cm³/mol. The van der Waals surface area contributed by atoms with Crippen LogP contribution in [0.1, 0.15) is 48.7 Å². The third kappa shape index (κ3) is 2.36. The third-order valence-corrected chi connectivity index (χ3v) is 4.24. The van der Waals surface area contributed by atoms with Crippen molar-refractivity contribution >= 4 is 0 Å². The van der Waals surface area contributed by atoms with E-state index in [9.17, 15) is 0 Å². The van der Waals surface area contributed by atoms with Gasteiger partial charge in [0, 0.05) is 31.1 Å². The van der Waals surface area contributed by atoms with E-state index in [1.165, 1.54) is 29.8 Å². The van der Waals surface area contributed by atoms with Crippen molar-refractivity contribution in [2.45, 2.75) is 38.1 Å². The van der Waals surface area contributed by atoms with Gasteiger partial charge in [0.1, 0.15) is 0 Å². The molecule has 2 atom stereocenters. The Bertz CT molecular complexity index is 575. The van der Waals surface area contributed by atoms with E-state index in [1.54, 1.807) is 0 Å². The van der Waals surface area contributed by atoms with Crippen LogP contribution in [0.15, 0.2) is 30.6 Å². The number of aryl methyl sites for hydroxylation is 2. The molecule has 2 heterocycles. The van der Waals surface area contributed by atoms with Crippen LogP contribution < -0.4 is 5.32 Å². The van der Waals surface area contributed by atoms with Gasteiger partial charge >= 0.3 is 0 Å². The Labute approximate surface area is 120 Å². The van der Waals surface area contributed by atoms with Crippen LogP contribution in [0.5, 0.6) is 0 Å². The maximum Gasteiger partial charge on any atom is 0.0576 e. The summed E-state index contributed by atoms with van der Waals surface area (Å²) in [5.74, 6) is 0.440. The van der Waals surface area contributed by atoms with E-state index in [-0.39, 0.29) is 0 Å². The predicted octanol–water partition coefficient (Wildman–Crippen LogP) is 2.59. The van der Waals surface area contributed by atoms with Gasteiger partial charge in [0.15, 0.2) is 0 Å². The number of pyridine rings is 1. The molecule has 1 N–H and O–H groups in total. The fraction of sp³-hybridized carbons (Fsp3) is 0.500. The van der Waals surface area contributed by atoms with Crippen LogP contribution in [0.3, 0.4) is 0 Å². The Kier molecular flexibility index (Phi) is 3.83. The van der Waals surface area contributed by atoms with Crippen molar-refractivity contribution in [2.24, 2.45) is 7.05 Å². The molecule has 4 heteroatoms. The van der Waals surface area contributed by atoms with Crippen LogP contribution in [0.4, 0.5) is 0 Å². The van der Waals surface area contributed by atoms with E-state index in [4.69, 9.17) is 0 Å². The monoisotopic (exact) mass is 270 g/mol. The largest absolute Gasteiger partial charge is 0.308 e. The fourth-order valence-electron chi connectivity index (χ4n) is 3.33. The molecular weight excluding hydrogens is 248 g/mol. The van der Waals surface area contributed by atoms with E-state index in [2.05, 4.69) is 34.5 Å². The van der Waals surface area contributed by atoms with Gasteiger partial charge in [0.05, 0.1) is 11.7 Å². The molecule has 2 aromatic rings. The summed E-state index contributed by atoms with van der Waals surface area (Å²) < 4.78 is 1.98. The molecular formula is C16H22N4. The molecule has 0 amide bonds. The topological polar surface area (TPSA) is 42.7 Å². The van der Waals surface area contributed by atoms with Crippen molar-refractivity contribution in [2.75, 3.05) is 6.54 Å². The zero-order valence-corrected chi connectivity index (χ0v) is 12.2. The van der Waals surface area contributed by atoms with Gasteiger partial charge in [-0.1, -0.05) is 13.0 Å². The second-order valence-corrected chi connectivity index (χ2v) is 5.46. The molecule has 3 rings (SSSR count). The van der Waals surface area contributed by atoms with Gasteiger partial charge in [0.25, 0.3) is 0 Å². The fourth-order valence-corrected chi connectivity index (χ4v) is 3.33. The van der Waals surface area contributed by atoms with Crippen LogP contribution in [0, 0.1) is 0 Å². The zero-order valence-electron chi connectivity index (χ0n) is 12.2. The Morgan fingerprint density at radius 2 is 2.30 bits per heavy atom. The van der Waals surface area contributed by atoms with E-state index in [0.717, 1.165) is 13.0 Å². The average Bonchev–Trinajstić information content (AvgIpc) is 2.90. The highest BCUT2D eigenvalue weighted by Gasteiger charge is 2.31. The highest BCUT2D eigenvalue weighted by molar-refractivity contribution is 5.29. The summed E-state index contributed by atoms with van der Waals surface area (Å²) in [4.78, 5) is 4.67. The molecule has 106 valence electrons. The van der Waals surface area contributed by atoms with Crippen LogP contribution >= 0.6 is 0 Å². The lowest BCUT2D eigenvalue weighted by atomic mass is 9.81. The molecule has 0 fully saturated rings. The normalized spacial score (nSPS) is 19.6. The molecule has 0 saturated carbocycles. The lowest BCUT2D eigenvalue weighted by molar-refractivity contribution is 0.383. The summed E-state index contributed by atoms with van der Waals surface area (Å²) >= 11 is 0. The van der Waals surface area contributed by atoms with Gasteiger partial charge in [0.2, 0.25) is 0 Å². The Hall–Kier alpha value is -1.68. The maximum absolute atomic E-state index is 4.67. The number of hydrogen-bond donors (Lipinski definition) is 1. The molecule has 2 unspecified atom stereocenters. The molecule has 2 aromatic heterocycles. The summed E-state index contributed by atoms with van der Waals surface area (Å²) in [6.45, 7) is 3.11. The maximum atomic E-state index is 4.67. The van der Waals surface area contributed by atoms with E-state index >= 15 is 0 Å². The number of rotatable bonds is 4. The SMILES string of the molecule is CCNC(c1ccnn1C)C1CCCc2cccnc21. The quantitative estimate of drug-likeness (QED) is 0.928. The number of aromatic nitrogens is 3. The van der Waals surface area contributed by atoms with Gasteiger partial charge in [-0.3, -0.25) is 9.67 Å². The molecule has 0 aromatic carbocycles. The summed E-state index contributed by atoms with van der Waals surface area (Å²) in [7, 11) is 2.02. The molecule has 0 bridgehead atoms.